The van der Waals surface area contributed by atoms with Gasteiger partial charge in [0.1, 0.15) is 12.1 Å². The maximum atomic E-state index is 4.30. The quantitative estimate of drug-likeness (QED) is 0.729. The molecule has 1 aliphatic carbocycles. The molecule has 2 heterocycles. The van der Waals surface area contributed by atoms with Gasteiger partial charge in [-0.15, -0.1) is 15.3 Å². The Morgan fingerprint density at radius 2 is 2.31 bits per heavy atom. The number of nitrogens with one attached hydrogen (secondary N) is 1. The van der Waals surface area contributed by atoms with Gasteiger partial charge in [-0.25, -0.2) is 0 Å². The van der Waals surface area contributed by atoms with Gasteiger partial charge in [-0.3, -0.25) is 0 Å². The molecule has 0 bridgehead atoms. The normalized spacial score (nSPS) is 16.3. The van der Waals surface area contributed by atoms with Crippen molar-refractivity contribution in [1.82, 2.24) is 19.8 Å². The van der Waals surface area contributed by atoms with Gasteiger partial charge in [-0.1, -0.05) is 0 Å². The molecule has 66 valence electrons. The molecule has 1 aliphatic rings. The van der Waals surface area contributed by atoms with Gasteiger partial charge < -0.3 is 5.32 Å². The Kier molecular flexibility index (Phi) is 1.27. The van der Waals surface area contributed by atoms with E-state index in [9.17, 15) is 0 Å². The fraction of sp³-hybridized carbons (Fsp3) is 0.375. The first-order valence-electron chi connectivity index (χ1n) is 4.35. The topological polar surface area (TPSA) is 55.1 Å². The highest BCUT2D eigenvalue weighted by atomic mass is 15.4. The summed E-state index contributed by atoms with van der Waals surface area (Å²) >= 11 is 0. The van der Waals surface area contributed by atoms with Crippen molar-refractivity contribution < 1.29 is 0 Å². The number of hydrogen-bond donors (Lipinski definition) is 1. The first-order valence-corrected chi connectivity index (χ1v) is 4.35. The molecular formula is C8H9N5. The third-order valence-corrected chi connectivity index (χ3v) is 2.09. The Bertz CT molecular complexity index is 431. The molecule has 2 aromatic heterocycles. The molecule has 2 aromatic rings. The van der Waals surface area contributed by atoms with Crippen LogP contribution in [0.1, 0.15) is 12.8 Å². The fourth-order valence-corrected chi connectivity index (χ4v) is 1.24. The molecule has 0 amide bonds. The molecule has 3 rings (SSSR count). The SMILES string of the molecule is c1cc2nncn2nc1NC1CC1. The van der Waals surface area contributed by atoms with Gasteiger partial charge in [0.05, 0.1) is 0 Å². The summed E-state index contributed by atoms with van der Waals surface area (Å²) in [6, 6.07) is 4.47. The highest BCUT2D eigenvalue weighted by Gasteiger charge is 2.21. The molecule has 0 spiro atoms. The van der Waals surface area contributed by atoms with E-state index in [0.29, 0.717) is 6.04 Å². The Hall–Kier alpha value is -1.65. The summed E-state index contributed by atoms with van der Waals surface area (Å²) in [6.45, 7) is 0. The summed E-state index contributed by atoms with van der Waals surface area (Å²) < 4.78 is 1.67. The van der Waals surface area contributed by atoms with Crippen LogP contribution in [0.5, 0.6) is 0 Å². The van der Waals surface area contributed by atoms with Gasteiger partial charge in [0, 0.05) is 6.04 Å². The lowest BCUT2D eigenvalue weighted by Crippen LogP contribution is -2.04. The van der Waals surface area contributed by atoms with Crippen molar-refractivity contribution in [1.29, 1.82) is 0 Å². The zero-order valence-electron chi connectivity index (χ0n) is 7.01. The van der Waals surface area contributed by atoms with E-state index in [4.69, 9.17) is 0 Å². The molecule has 0 radical (unpaired) electrons. The highest BCUT2D eigenvalue weighted by molar-refractivity contribution is 5.44. The molecule has 0 aromatic carbocycles. The Morgan fingerprint density at radius 3 is 3.15 bits per heavy atom. The van der Waals surface area contributed by atoms with Crippen molar-refractivity contribution in [3.05, 3.63) is 18.5 Å². The highest BCUT2D eigenvalue weighted by Crippen LogP contribution is 2.23. The Labute approximate surface area is 74.8 Å². The van der Waals surface area contributed by atoms with Gasteiger partial charge in [0.2, 0.25) is 0 Å². The molecule has 13 heavy (non-hydrogen) atoms. The van der Waals surface area contributed by atoms with Crippen molar-refractivity contribution in [3.8, 4) is 0 Å². The van der Waals surface area contributed by atoms with Gasteiger partial charge in [-0.05, 0) is 25.0 Å². The lowest BCUT2D eigenvalue weighted by Gasteiger charge is -2.01. The van der Waals surface area contributed by atoms with Gasteiger partial charge in [0.25, 0.3) is 0 Å². The fourth-order valence-electron chi connectivity index (χ4n) is 1.24. The van der Waals surface area contributed by atoms with Gasteiger partial charge in [-0.2, -0.15) is 4.52 Å². The van der Waals surface area contributed by atoms with Gasteiger partial charge >= 0.3 is 0 Å². The Morgan fingerprint density at radius 1 is 1.38 bits per heavy atom. The molecule has 0 atom stereocenters. The van der Waals surface area contributed by atoms with Crippen LogP contribution in [0.3, 0.4) is 0 Å². The van der Waals surface area contributed by atoms with Crippen molar-refractivity contribution in [2.75, 3.05) is 5.32 Å². The van der Waals surface area contributed by atoms with Crippen LogP contribution in [0.15, 0.2) is 18.5 Å². The second kappa shape index (κ2) is 2.42. The van der Waals surface area contributed by atoms with Crippen LogP contribution in [0.2, 0.25) is 0 Å². The maximum absolute atomic E-state index is 4.30. The monoisotopic (exact) mass is 175 g/mol. The van der Waals surface area contributed by atoms with Crippen molar-refractivity contribution in [3.63, 3.8) is 0 Å². The predicted octanol–water partition coefficient (Wildman–Crippen LogP) is 0.699. The summed E-state index contributed by atoms with van der Waals surface area (Å²) in [5.41, 5.74) is 0.779. The average Bonchev–Trinajstić information content (AvgIpc) is 2.83. The van der Waals surface area contributed by atoms with E-state index >= 15 is 0 Å². The van der Waals surface area contributed by atoms with Crippen LogP contribution >= 0.6 is 0 Å². The largest absolute Gasteiger partial charge is 0.366 e. The van der Waals surface area contributed by atoms with Crippen LogP contribution in [0.4, 0.5) is 5.82 Å². The molecule has 0 aliphatic heterocycles. The number of rotatable bonds is 2. The smallest absolute Gasteiger partial charge is 0.177 e. The van der Waals surface area contributed by atoms with Crippen LogP contribution in [0.25, 0.3) is 5.65 Å². The van der Waals surface area contributed by atoms with E-state index in [-0.39, 0.29) is 0 Å². The van der Waals surface area contributed by atoms with E-state index in [1.165, 1.54) is 12.8 Å². The van der Waals surface area contributed by atoms with Crippen LogP contribution < -0.4 is 5.32 Å². The molecule has 1 N–H and O–H groups in total. The second-order valence-corrected chi connectivity index (χ2v) is 3.27. The van der Waals surface area contributed by atoms with Crippen LogP contribution in [-0.2, 0) is 0 Å². The molecule has 1 saturated carbocycles. The number of aromatic nitrogens is 4. The number of nitrogens with zero attached hydrogens (tertiary/aromatic N) is 4. The standard InChI is InChI=1S/C8H9N5/c1-2-6(1)10-7-3-4-8-11-9-5-13(8)12-7/h3-6H,1-2H2,(H,10,12). The molecule has 5 nitrogen and oxygen atoms in total. The Balaban J connectivity index is 1.99. The molecule has 1 fully saturated rings. The summed E-state index contributed by atoms with van der Waals surface area (Å²) in [6.07, 6.45) is 4.11. The summed E-state index contributed by atoms with van der Waals surface area (Å²) in [4.78, 5) is 0. The van der Waals surface area contributed by atoms with E-state index in [2.05, 4.69) is 20.6 Å². The molecular weight excluding hydrogens is 166 g/mol. The predicted molar refractivity (Wildman–Crippen MR) is 47.4 cm³/mol. The van der Waals surface area contributed by atoms with E-state index < -0.39 is 0 Å². The lowest BCUT2D eigenvalue weighted by atomic mass is 10.5. The van der Waals surface area contributed by atoms with E-state index in [0.717, 1.165) is 11.5 Å². The van der Waals surface area contributed by atoms with E-state index in [1.807, 2.05) is 12.1 Å². The van der Waals surface area contributed by atoms with Crippen molar-refractivity contribution in [2.45, 2.75) is 18.9 Å². The van der Waals surface area contributed by atoms with Crippen LogP contribution in [-0.4, -0.2) is 25.9 Å². The number of fused-ring (bicyclic) bond motifs is 1. The zero-order valence-corrected chi connectivity index (χ0v) is 7.01. The van der Waals surface area contributed by atoms with E-state index in [1.54, 1.807) is 10.8 Å². The lowest BCUT2D eigenvalue weighted by molar-refractivity contribution is 0.916. The minimum atomic E-state index is 0.626. The maximum Gasteiger partial charge on any atom is 0.177 e. The summed E-state index contributed by atoms with van der Waals surface area (Å²) in [7, 11) is 0. The second-order valence-electron chi connectivity index (χ2n) is 3.27. The molecule has 0 saturated heterocycles. The minimum Gasteiger partial charge on any atom is -0.366 e. The number of anilines is 1. The first kappa shape index (κ1) is 6.82. The van der Waals surface area contributed by atoms with Crippen molar-refractivity contribution >= 4 is 11.5 Å². The summed E-state index contributed by atoms with van der Waals surface area (Å²) in [5.74, 6) is 0.898. The third kappa shape index (κ3) is 1.22. The number of hydrogen-bond acceptors (Lipinski definition) is 4. The summed E-state index contributed by atoms with van der Waals surface area (Å²) in [5, 5.41) is 15.2. The third-order valence-electron chi connectivity index (χ3n) is 2.09. The first-order chi connectivity index (χ1) is 6.42. The van der Waals surface area contributed by atoms with Crippen LogP contribution in [0, 0.1) is 0 Å². The molecule has 0 unspecified atom stereocenters. The molecule has 5 heteroatoms. The van der Waals surface area contributed by atoms with Gasteiger partial charge in [0.15, 0.2) is 5.65 Å². The zero-order chi connectivity index (χ0) is 8.67. The minimum absolute atomic E-state index is 0.626. The van der Waals surface area contributed by atoms with Crippen molar-refractivity contribution in [2.24, 2.45) is 0 Å². The average molecular weight is 175 g/mol.